The summed E-state index contributed by atoms with van der Waals surface area (Å²) in [6.45, 7) is 7.85. The SMILES string of the molecule is Cc1nc(C)n(C[C@H]2CCCN(Cc3nc(C4CC4)no3)C2)n1. The zero-order valence-electron chi connectivity index (χ0n) is 13.9. The van der Waals surface area contributed by atoms with E-state index in [1.807, 2.05) is 18.5 Å². The highest BCUT2D eigenvalue weighted by atomic mass is 16.5. The van der Waals surface area contributed by atoms with E-state index in [-0.39, 0.29) is 0 Å². The quantitative estimate of drug-likeness (QED) is 0.841. The summed E-state index contributed by atoms with van der Waals surface area (Å²) in [6.07, 6.45) is 4.87. The lowest BCUT2D eigenvalue weighted by molar-refractivity contribution is 0.138. The first kappa shape index (κ1) is 14.8. The molecular formula is C16H24N6O. The average Bonchev–Trinajstić information content (AvgIpc) is 3.19. The van der Waals surface area contributed by atoms with Crippen LogP contribution in [0.25, 0.3) is 0 Å². The summed E-state index contributed by atoms with van der Waals surface area (Å²) in [4.78, 5) is 11.4. The van der Waals surface area contributed by atoms with Crippen molar-refractivity contribution in [3.63, 3.8) is 0 Å². The maximum atomic E-state index is 5.41. The van der Waals surface area contributed by atoms with E-state index < -0.39 is 0 Å². The Morgan fingerprint density at radius 3 is 2.78 bits per heavy atom. The number of hydrogen-bond donors (Lipinski definition) is 0. The predicted molar refractivity (Wildman–Crippen MR) is 83.8 cm³/mol. The maximum absolute atomic E-state index is 5.41. The third-order valence-corrected chi connectivity index (χ3v) is 4.78. The number of likely N-dealkylation sites (tertiary alicyclic amines) is 1. The molecule has 1 saturated heterocycles. The molecule has 2 aromatic heterocycles. The van der Waals surface area contributed by atoms with Crippen LogP contribution in [0.15, 0.2) is 4.52 Å². The van der Waals surface area contributed by atoms with Crippen LogP contribution in [0.2, 0.25) is 0 Å². The van der Waals surface area contributed by atoms with Crippen LogP contribution in [-0.2, 0) is 13.1 Å². The fourth-order valence-electron chi connectivity index (χ4n) is 3.45. The molecule has 1 saturated carbocycles. The second kappa shape index (κ2) is 6.03. The Hall–Kier alpha value is -1.76. The van der Waals surface area contributed by atoms with Crippen molar-refractivity contribution >= 4 is 0 Å². The van der Waals surface area contributed by atoms with Gasteiger partial charge in [-0.2, -0.15) is 10.1 Å². The van der Waals surface area contributed by atoms with Gasteiger partial charge in [0.15, 0.2) is 5.82 Å². The largest absolute Gasteiger partial charge is 0.338 e. The van der Waals surface area contributed by atoms with Crippen LogP contribution in [-0.4, -0.2) is 42.9 Å². The number of aryl methyl sites for hydroxylation is 2. The highest BCUT2D eigenvalue weighted by Gasteiger charge is 2.29. The van der Waals surface area contributed by atoms with Gasteiger partial charge < -0.3 is 4.52 Å². The van der Waals surface area contributed by atoms with Crippen molar-refractivity contribution in [3.05, 3.63) is 23.4 Å². The summed E-state index contributed by atoms with van der Waals surface area (Å²) in [5.41, 5.74) is 0. The summed E-state index contributed by atoms with van der Waals surface area (Å²) in [5.74, 6) is 4.69. The molecular weight excluding hydrogens is 292 g/mol. The van der Waals surface area contributed by atoms with Crippen molar-refractivity contribution in [3.8, 4) is 0 Å². The molecule has 2 aliphatic rings. The van der Waals surface area contributed by atoms with E-state index in [0.717, 1.165) is 49.5 Å². The molecule has 0 amide bonds. The van der Waals surface area contributed by atoms with Crippen molar-refractivity contribution in [2.24, 2.45) is 5.92 Å². The molecule has 0 spiro atoms. The first-order valence-corrected chi connectivity index (χ1v) is 8.60. The van der Waals surface area contributed by atoms with E-state index >= 15 is 0 Å². The molecule has 0 aromatic carbocycles. The molecule has 0 unspecified atom stereocenters. The van der Waals surface area contributed by atoms with Crippen molar-refractivity contribution in [1.82, 2.24) is 29.8 Å². The Morgan fingerprint density at radius 1 is 1.17 bits per heavy atom. The van der Waals surface area contributed by atoms with Crippen molar-refractivity contribution < 1.29 is 4.52 Å². The molecule has 124 valence electrons. The molecule has 7 heteroatoms. The molecule has 7 nitrogen and oxygen atoms in total. The Balaban J connectivity index is 1.35. The Labute approximate surface area is 136 Å². The number of aromatic nitrogens is 5. The minimum Gasteiger partial charge on any atom is -0.338 e. The van der Waals surface area contributed by atoms with E-state index in [0.29, 0.717) is 11.8 Å². The highest BCUT2D eigenvalue weighted by molar-refractivity contribution is 5.03. The second-order valence-corrected chi connectivity index (χ2v) is 6.95. The fraction of sp³-hybridized carbons (Fsp3) is 0.750. The third kappa shape index (κ3) is 3.44. The van der Waals surface area contributed by atoms with Gasteiger partial charge in [0, 0.05) is 19.0 Å². The summed E-state index contributed by atoms with van der Waals surface area (Å²) in [5, 5.41) is 8.60. The molecule has 3 heterocycles. The number of nitrogens with zero attached hydrogens (tertiary/aromatic N) is 6. The molecule has 4 rings (SSSR count). The van der Waals surface area contributed by atoms with Gasteiger partial charge in [0.1, 0.15) is 11.6 Å². The van der Waals surface area contributed by atoms with Crippen LogP contribution in [0.4, 0.5) is 0 Å². The third-order valence-electron chi connectivity index (χ3n) is 4.78. The Morgan fingerprint density at radius 2 is 2.04 bits per heavy atom. The van der Waals surface area contributed by atoms with Gasteiger partial charge in [-0.1, -0.05) is 5.16 Å². The lowest BCUT2D eigenvalue weighted by atomic mass is 9.98. The minimum atomic E-state index is 0.556. The van der Waals surface area contributed by atoms with Crippen LogP contribution in [0.1, 0.15) is 55.0 Å². The van der Waals surface area contributed by atoms with Gasteiger partial charge in [-0.25, -0.2) is 9.67 Å². The Bertz CT molecular complexity index is 674. The first-order valence-electron chi connectivity index (χ1n) is 8.60. The zero-order valence-corrected chi connectivity index (χ0v) is 13.9. The van der Waals surface area contributed by atoms with Crippen molar-refractivity contribution in [1.29, 1.82) is 0 Å². The van der Waals surface area contributed by atoms with E-state index in [2.05, 4.69) is 25.1 Å². The Kier molecular flexibility index (Phi) is 3.88. The molecule has 1 aliphatic carbocycles. The monoisotopic (exact) mass is 316 g/mol. The topological polar surface area (TPSA) is 72.9 Å². The smallest absolute Gasteiger partial charge is 0.240 e. The second-order valence-electron chi connectivity index (χ2n) is 6.95. The van der Waals surface area contributed by atoms with Gasteiger partial charge in [-0.15, -0.1) is 0 Å². The van der Waals surface area contributed by atoms with Crippen molar-refractivity contribution in [2.75, 3.05) is 13.1 Å². The lowest BCUT2D eigenvalue weighted by Gasteiger charge is -2.31. The van der Waals surface area contributed by atoms with Crippen LogP contribution in [0.3, 0.4) is 0 Å². The highest BCUT2D eigenvalue weighted by Crippen LogP contribution is 2.38. The van der Waals surface area contributed by atoms with Gasteiger partial charge >= 0.3 is 0 Å². The molecule has 1 atom stereocenters. The van der Waals surface area contributed by atoms with Gasteiger partial charge in [-0.3, -0.25) is 4.90 Å². The molecule has 1 aliphatic heterocycles. The van der Waals surface area contributed by atoms with Gasteiger partial charge in [0.2, 0.25) is 5.89 Å². The van der Waals surface area contributed by atoms with Crippen LogP contribution in [0, 0.1) is 19.8 Å². The van der Waals surface area contributed by atoms with E-state index in [9.17, 15) is 0 Å². The summed E-state index contributed by atoms with van der Waals surface area (Å²) in [7, 11) is 0. The van der Waals surface area contributed by atoms with Crippen LogP contribution < -0.4 is 0 Å². The van der Waals surface area contributed by atoms with Crippen LogP contribution in [0.5, 0.6) is 0 Å². The van der Waals surface area contributed by atoms with Crippen molar-refractivity contribution in [2.45, 2.75) is 58.5 Å². The fourth-order valence-corrected chi connectivity index (χ4v) is 3.45. The number of rotatable bonds is 5. The molecule has 2 fully saturated rings. The van der Waals surface area contributed by atoms with E-state index in [4.69, 9.17) is 4.52 Å². The lowest BCUT2D eigenvalue weighted by Crippen LogP contribution is -2.37. The normalized spacial score (nSPS) is 22.6. The zero-order chi connectivity index (χ0) is 15.8. The predicted octanol–water partition coefficient (Wildman–Crippen LogP) is 2.07. The van der Waals surface area contributed by atoms with E-state index in [1.165, 1.54) is 25.7 Å². The standard InChI is InChI=1S/C16H24N6O/c1-11-17-12(2)22(19-11)9-13-4-3-7-21(8-13)10-15-18-16(20-23-15)14-5-6-14/h13-14H,3-10H2,1-2H3/t13-/m0/s1. The maximum Gasteiger partial charge on any atom is 0.240 e. The summed E-state index contributed by atoms with van der Waals surface area (Å²) < 4.78 is 7.46. The van der Waals surface area contributed by atoms with Gasteiger partial charge in [0.05, 0.1) is 6.54 Å². The van der Waals surface area contributed by atoms with Gasteiger partial charge in [-0.05, 0) is 52.0 Å². The summed E-state index contributed by atoms with van der Waals surface area (Å²) in [6, 6.07) is 0. The summed E-state index contributed by atoms with van der Waals surface area (Å²) >= 11 is 0. The molecule has 2 aromatic rings. The number of piperidine rings is 1. The molecule has 0 N–H and O–H groups in total. The number of hydrogen-bond acceptors (Lipinski definition) is 6. The first-order chi connectivity index (χ1) is 11.2. The van der Waals surface area contributed by atoms with Crippen LogP contribution >= 0.6 is 0 Å². The minimum absolute atomic E-state index is 0.556. The van der Waals surface area contributed by atoms with E-state index in [1.54, 1.807) is 0 Å². The average molecular weight is 316 g/mol. The molecule has 0 bridgehead atoms. The van der Waals surface area contributed by atoms with Gasteiger partial charge in [0.25, 0.3) is 0 Å². The molecule has 23 heavy (non-hydrogen) atoms. The molecule has 0 radical (unpaired) electrons.